The topological polar surface area (TPSA) is 80.6 Å². The zero-order valence-electron chi connectivity index (χ0n) is 16.6. The molecule has 0 fully saturated rings. The average Bonchev–Trinajstić information content (AvgIpc) is 2.73. The molecule has 0 aromatic heterocycles. The lowest BCUT2D eigenvalue weighted by atomic mass is 10.1. The lowest BCUT2D eigenvalue weighted by Crippen LogP contribution is -2.13. The number of nitrogens with one attached hydrogen (secondary N) is 1. The first-order chi connectivity index (χ1) is 14.0. The third-order valence-electron chi connectivity index (χ3n) is 3.84. The minimum absolute atomic E-state index is 0.0359. The van der Waals surface area contributed by atoms with Crippen molar-refractivity contribution in [1.29, 1.82) is 5.26 Å². The first-order valence-electron chi connectivity index (χ1n) is 9.18. The molecule has 2 aromatic rings. The second kappa shape index (κ2) is 11.1. The summed E-state index contributed by atoms with van der Waals surface area (Å²) >= 11 is 3.48. The SMILES string of the molecule is CCCOc1cc(Br)c(C=C(C#N)C(=O)Nc2ccc(OC)cc2)cc1OCC. The van der Waals surface area contributed by atoms with E-state index in [1.165, 1.54) is 6.08 Å². The Hall–Kier alpha value is -2.98. The summed E-state index contributed by atoms with van der Waals surface area (Å²) in [5, 5.41) is 12.2. The van der Waals surface area contributed by atoms with Crippen molar-refractivity contribution >= 4 is 33.6 Å². The normalized spacial score (nSPS) is 10.8. The molecule has 0 saturated heterocycles. The van der Waals surface area contributed by atoms with Gasteiger partial charge in [-0.1, -0.05) is 22.9 Å². The standard InChI is InChI=1S/C22H23BrN2O4/c1-4-10-29-21-13-19(23)15(12-20(21)28-5-2)11-16(14-24)22(26)25-17-6-8-18(27-3)9-7-17/h6-9,11-13H,4-5,10H2,1-3H3,(H,25,26). The number of carbonyl (C=O) groups is 1. The maximum absolute atomic E-state index is 12.5. The van der Waals surface area contributed by atoms with Gasteiger partial charge in [-0.2, -0.15) is 5.26 Å². The van der Waals surface area contributed by atoms with Crippen molar-refractivity contribution in [1.82, 2.24) is 0 Å². The van der Waals surface area contributed by atoms with Gasteiger partial charge in [0.2, 0.25) is 0 Å². The molecule has 0 heterocycles. The van der Waals surface area contributed by atoms with Crippen LogP contribution in [0, 0.1) is 11.3 Å². The second-order valence-corrected chi connectivity index (χ2v) is 6.81. The van der Waals surface area contributed by atoms with Crippen LogP contribution in [-0.4, -0.2) is 26.2 Å². The van der Waals surface area contributed by atoms with Gasteiger partial charge in [0.25, 0.3) is 5.91 Å². The zero-order valence-corrected chi connectivity index (χ0v) is 18.2. The maximum atomic E-state index is 12.5. The van der Waals surface area contributed by atoms with Crippen molar-refractivity contribution in [3.8, 4) is 23.3 Å². The van der Waals surface area contributed by atoms with Crippen LogP contribution in [0.1, 0.15) is 25.8 Å². The van der Waals surface area contributed by atoms with Crippen molar-refractivity contribution in [2.45, 2.75) is 20.3 Å². The Kier molecular flexibility index (Phi) is 8.56. The molecule has 0 atom stereocenters. The number of halogens is 1. The van der Waals surface area contributed by atoms with Crippen molar-refractivity contribution < 1.29 is 19.0 Å². The Balaban J connectivity index is 2.29. The number of hydrogen-bond donors (Lipinski definition) is 1. The van der Waals surface area contributed by atoms with Crippen LogP contribution in [0.25, 0.3) is 6.08 Å². The molecule has 2 aromatic carbocycles. The van der Waals surface area contributed by atoms with Gasteiger partial charge in [-0.05, 0) is 61.4 Å². The molecule has 0 aliphatic heterocycles. The van der Waals surface area contributed by atoms with E-state index in [-0.39, 0.29) is 5.57 Å². The summed E-state index contributed by atoms with van der Waals surface area (Å²) in [5.41, 5.74) is 1.17. The molecule has 1 N–H and O–H groups in total. The van der Waals surface area contributed by atoms with E-state index in [4.69, 9.17) is 14.2 Å². The maximum Gasteiger partial charge on any atom is 0.266 e. The van der Waals surface area contributed by atoms with E-state index >= 15 is 0 Å². The fourth-order valence-corrected chi connectivity index (χ4v) is 2.87. The molecule has 0 unspecified atom stereocenters. The van der Waals surface area contributed by atoms with E-state index in [9.17, 15) is 10.1 Å². The number of amides is 1. The van der Waals surface area contributed by atoms with Crippen molar-refractivity contribution in [3.63, 3.8) is 0 Å². The van der Waals surface area contributed by atoms with E-state index in [1.54, 1.807) is 43.5 Å². The largest absolute Gasteiger partial charge is 0.497 e. The molecular formula is C22H23BrN2O4. The summed E-state index contributed by atoms with van der Waals surface area (Å²) in [7, 11) is 1.57. The van der Waals surface area contributed by atoms with E-state index in [1.807, 2.05) is 19.9 Å². The lowest BCUT2D eigenvalue weighted by Gasteiger charge is -2.13. The van der Waals surface area contributed by atoms with Gasteiger partial charge >= 0.3 is 0 Å². The second-order valence-electron chi connectivity index (χ2n) is 5.95. The summed E-state index contributed by atoms with van der Waals surface area (Å²) in [6.45, 7) is 4.93. The first kappa shape index (κ1) is 22.3. The van der Waals surface area contributed by atoms with Crippen LogP contribution in [0.15, 0.2) is 46.4 Å². The molecule has 0 saturated carbocycles. The summed E-state index contributed by atoms with van der Waals surface area (Å²) in [5.74, 6) is 1.34. The minimum atomic E-state index is -0.506. The van der Waals surface area contributed by atoms with Gasteiger partial charge in [0.1, 0.15) is 17.4 Å². The van der Waals surface area contributed by atoms with Crippen molar-refractivity contribution in [2.75, 3.05) is 25.6 Å². The highest BCUT2D eigenvalue weighted by Gasteiger charge is 2.14. The summed E-state index contributed by atoms with van der Waals surface area (Å²) < 4.78 is 17.2. The zero-order chi connectivity index (χ0) is 21.2. The molecule has 6 nitrogen and oxygen atoms in total. The molecule has 0 spiro atoms. The van der Waals surface area contributed by atoms with Gasteiger partial charge in [0.15, 0.2) is 11.5 Å². The quantitative estimate of drug-likeness (QED) is 0.412. The number of carbonyl (C=O) groups excluding carboxylic acids is 1. The molecule has 152 valence electrons. The van der Waals surface area contributed by atoms with Gasteiger partial charge in [0, 0.05) is 10.2 Å². The van der Waals surface area contributed by atoms with Crippen LogP contribution < -0.4 is 19.5 Å². The Morgan fingerprint density at radius 1 is 1.17 bits per heavy atom. The highest BCUT2D eigenvalue weighted by molar-refractivity contribution is 9.10. The number of hydrogen-bond acceptors (Lipinski definition) is 5. The molecule has 2 rings (SSSR count). The lowest BCUT2D eigenvalue weighted by molar-refractivity contribution is -0.112. The van der Waals surface area contributed by atoms with Crippen LogP contribution in [-0.2, 0) is 4.79 Å². The molecule has 0 radical (unpaired) electrons. The first-order valence-corrected chi connectivity index (χ1v) is 9.98. The number of nitrogens with zero attached hydrogens (tertiary/aromatic N) is 1. The Labute approximate surface area is 179 Å². The van der Waals surface area contributed by atoms with Crippen molar-refractivity contribution in [2.24, 2.45) is 0 Å². The van der Waals surface area contributed by atoms with Crippen LogP contribution in [0.4, 0.5) is 5.69 Å². The van der Waals surface area contributed by atoms with Crippen LogP contribution in [0.5, 0.6) is 17.2 Å². The molecule has 0 aliphatic carbocycles. The number of anilines is 1. The Morgan fingerprint density at radius 3 is 2.45 bits per heavy atom. The monoisotopic (exact) mass is 458 g/mol. The molecule has 7 heteroatoms. The van der Waals surface area contributed by atoms with Gasteiger partial charge < -0.3 is 19.5 Å². The number of ether oxygens (including phenoxy) is 3. The van der Waals surface area contributed by atoms with E-state index in [0.717, 1.165) is 6.42 Å². The predicted molar refractivity (Wildman–Crippen MR) is 116 cm³/mol. The Bertz CT molecular complexity index is 918. The van der Waals surface area contributed by atoms with Gasteiger partial charge in [0.05, 0.1) is 20.3 Å². The molecule has 1 amide bonds. The molecule has 29 heavy (non-hydrogen) atoms. The number of nitriles is 1. The summed E-state index contributed by atoms with van der Waals surface area (Å²) in [6.07, 6.45) is 2.38. The van der Waals surface area contributed by atoms with Gasteiger partial charge in [-0.3, -0.25) is 4.79 Å². The Morgan fingerprint density at radius 2 is 1.86 bits per heavy atom. The highest BCUT2D eigenvalue weighted by Crippen LogP contribution is 2.35. The molecule has 0 bridgehead atoms. The fourth-order valence-electron chi connectivity index (χ4n) is 2.43. The van der Waals surface area contributed by atoms with Gasteiger partial charge in [-0.15, -0.1) is 0 Å². The fraction of sp³-hybridized carbons (Fsp3) is 0.273. The van der Waals surface area contributed by atoms with Crippen molar-refractivity contribution in [3.05, 3.63) is 52.0 Å². The predicted octanol–water partition coefficient (Wildman–Crippen LogP) is 5.19. The molecule has 0 aliphatic rings. The smallest absolute Gasteiger partial charge is 0.266 e. The van der Waals surface area contributed by atoms with Crippen LogP contribution >= 0.6 is 15.9 Å². The average molecular weight is 459 g/mol. The van der Waals surface area contributed by atoms with Crippen LogP contribution in [0.3, 0.4) is 0 Å². The number of rotatable bonds is 9. The molecular weight excluding hydrogens is 436 g/mol. The van der Waals surface area contributed by atoms with Gasteiger partial charge in [-0.25, -0.2) is 0 Å². The number of methoxy groups -OCH3 is 1. The third-order valence-corrected chi connectivity index (χ3v) is 4.52. The van der Waals surface area contributed by atoms with E-state index in [0.29, 0.717) is 46.2 Å². The number of benzene rings is 2. The van der Waals surface area contributed by atoms with Crippen LogP contribution in [0.2, 0.25) is 0 Å². The van der Waals surface area contributed by atoms with E-state index in [2.05, 4.69) is 21.2 Å². The summed E-state index contributed by atoms with van der Waals surface area (Å²) in [4.78, 5) is 12.5. The van der Waals surface area contributed by atoms with E-state index < -0.39 is 5.91 Å². The third kappa shape index (κ3) is 6.26. The minimum Gasteiger partial charge on any atom is -0.497 e. The highest BCUT2D eigenvalue weighted by atomic mass is 79.9. The summed E-state index contributed by atoms with van der Waals surface area (Å²) in [6, 6.07) is 12.3.